The van der Waals surface area contributed by atoms with E-state index in [1.54, 1.807) is 12.5 Å². The molecule has 0 bridgehead atoms. The van der Waals surface area contributed by atoms with Gasteiger partial charge in [-0.05, 0) is 52.2 Å². The average Bonchev–Trinajstić information content (AvgIpc) is 3.31. The van der Waals surface area contributed by atoms with E-state index in [0.29, 0.717) is 11.9 Å². The number of hydrogen-bond donors (Lipinski definition) is 1. The third-order valence-corrected chi connectivity index (χ3v) is 5.15. The molecular weight excluding hydrogens is 348 g/mol. The molecule has 0 unspecified atom stereocenters. The molecule has 1 N–H and O–H groups in total. The summed E-state index contributed by atoms with van der Waals surface area (Å²) >= 11 is 0. The maximum Gasteiger partial charge on any atom is 0.245 e. The lowest BCUT2D eigenvalue weighted by Gasteiger charge is -2.17. The van der Waals surface area contributed by atoms with Gasteiger partial charge in [-0.2, -0.15) is 0 Å². The Hall–Kier alpha value is -2.56. The van der Waals surface area contributed by atoms with Crippen LogP contribution in [0.15, 0.2) is 34.6 Å². The number of allylic oxidation sites excluding steroid dienone is 1. The van der Waals surface area contributed by atoms with E-state index in [1.807, 2.05) is 0 Å². The van der Waals surface area contributed by atoms with Gasteiger partial charge < -0.3 is 14.3 Å². The average molecular weight is 381 g/mol. The molecule has 0 aliphatic heterocycles. The summed E-state index contributed by atoms with van der Waals surface area (Å²) in [4.78, 5) is 9.24. The molecule has 3 rings (SSSR count). The maximum atomic E-state index is 5.53. The Kier molecular flexibility index (Phi) is 6.22. The van der Waals surface area contributed by atoms with Crippen LogP contribution in [-0.4, -0.2) is 21.1 Å². The molecule has 0 aliphatic rings. The van der Waals surface area contributed by atoms with Crippen molar-refractivity contribution in [1.29, 1.82) is 0 Å². The minimum atomic E-state index is 0.359. The van der Waals surface area contributed by atoms with E-state index in [9.17, 15) is 0 Å². The molecule has 0 aliphatic carbocycles. The Balaban J connectivity index is 2.17. The zero-order valence-electron chi connectivity index (χ0n) is 18.0. The quantitative estimate of drug-likeness (QED) is 0.466. The van der Waals surface area contributed by atoms with E-state index in [0.717, 1.165) is 36.3 Å². The van der Waals surface area contributed by atoms with Gasteiger partial charge in [-0.1, -0.05) is 31.9 Å². The molecule has 0 atom stereocenters. The van der Waals surface area contributed by atoms with Gasteiger partial charge in [-0.25, -0.2) is 9.97 Å². The SMILES string of the molecule is CCC/C=C(\C)CNc1cc(-c2ncco2)nc2c(C)c(CC)n(C(C)C)c12. The molecule has 3 aromatic rings. The van der Waals surface area contributed by atoms with E-state index in [1.165, 1.54) is 28.8 Å². The van der Waals surface area contributed by atoms with Crippen LogP contribution in [0.1, 0.15) is 64.8 Å². The summed E-state index contributed by atoms with van der Waals surface area (Å²) in [6.45, 7) is 14.0. The smallest absolute Gasteiger partial charge is 0.245 e. The van der Waals surface area contributed by atoms with Gasteiger partial charge in [-0.15, -0.1) is 0 Å². The van der Waals surface area contributed by atoms with Gasteiger partial charge in [0, 0.05) is 18.3 Å². The number of unbranched alkanes of at least 4 members (excludes halogenated alkanes) is 1. The zero-order valence-corrected chi connectivity index (χ0v) is 18.0. The number of nitrogens with one attached hydrogen (secondary N) is 1. The second kappa shape index (κ2) is 8.63. The van der Waals surface area contributed by atoms with E-state index >= 15 is 0 Å². The lowest BCUT2D eigenvalue weighted by atomic mass is 10.1. The number of hydrogen-bond acceptors (Lipinski definition) is 4. The Morgan fingerprint density at radius 2 is 2.11 bits per heavy atom. The first-order valence-corrected chi connectivity index (χ1v) is 10.3. The van der Waals surface area contributed by atoms with Crippen LogP contribution in [0, 0.1) is 6.92 Å². The predicted molar refractivity (Wildman–Crippen MR) is 117 cm³/mol. The Morgan fingerprint density at radius 3 is 2.71 bits per heavy atom. The summed E-state index contributed by atoms with van der Waals surface area (Å²) in [5, 5.41) is 3.66. The van der Waals surface area contributed by atoms with Gasteiger partial charge in [-0.3, -0.25) is 0 Å². The molecule has 0 spiro atoms. The highest BCUT2D eigenvalue weighted by Crippen LogP contribution is 2.35. The topological polar surface area (TPSA) is 55.9 Å². The van der Waals surface area contributed by atoms with Gasteiger partial charge in [0.05, 0.1) is 22.9 Å². The second-order valence-electron chi connectivity index (χ2n) is 7.67. The highest BCUT2D eigenvalue weighted by atomic mass is 16.3. The fourth-order valence-electron chi connectivity index (χ4n) is 3.79. The van der Waals surface area contributed by atoms with Crippen molar-refractivity contribution >= 4 is 16.7 Å². The van der Waals surface area contributed by atoms with Crippen LogP contribution in [0.4, 0.5) is 5.69 Å². The van der Waals surface area contributed by atoms with Gasteiger partial charge in [0.15, 0.2) is 0 Å². The minimum Gasteiger partial charge on any atom is -0.443 e. The Bertz CT molecular complexity index is 965. The van der Waals surface area contributed by atoms with E-state index < -0.39 is 0 Å². The van der Waals surface area contributed by atoms with Crippen molar-refractivity contribution in [3.63, 3.8) is 0 Å². The number of oxazole rings is 1. The first-order chi connectivity index (χ1) is 13.5. The number of fused-ring (bicyclic) bond motifs is 1. The van der Waals surface area contributed by atoms with E-state index in [4.69, 9.17) is 9.40 Å². The number of rotatable bonds is 8. The fourth-order valence-corrected chi connectivity index (χ4v) is 3.79. The standard InChI is InChI=1S/C23H32N4O/c1-7-9-10-16(5)14-25-18-13-19(23-24-11-12-28-23)26-21-17(6)20(8-2)27(15(3)4)22(18)21/h10-13,15H,7-9,14H2,1-6H3,(H,25,26)/b16-10+. The number of anilines is 1. The van der Waals surface area contributed by atoms with Crippen LogP contribution in [-0.2, 0) is 6.42 Å². The summed E-state index contributed by atoms with van der Waals surface area (Å²) in [7, 11) is 0. The number of aryl methyl sites for hydroxylation is 1. The Morgan fingerprint density at radius 1 is 1.32 bits per heavy atom. The molecule has 0 aromatic carbocycles. The molecule has 3 heterocycles. The molecule has 28 heavy (non-hydrogen) atoms. The van der Waals surface area contributed by atoms with E-state index in [-0.39, 0.29) is 0 Å². The molecule has 5 nitrogen and oxygen atoms in total. The van der Waals surface area contributed by atoms with Crippen molar-refractivity contribution in [3.8, 4) is 11.6 Å². The van der Waals surface area contributed by atoms with Crippen LogP contribution in [0.25, 0.3) is 22.6 Å². The monoisotopic (exact) mass is 380 g/mol. The van der Waals surface area contributed by atoms with E-state index in [2.05, 4.69) is 68.6 Å². The number of aromatic nitrogens is 3. The van der Waals surface area contributed by atoms with Crippen LogP contribution in [0.2, 0.25) is 0 Å². The second-order valence-corrected chi connectivity index (χ2v) is 7.67. The van der Waals surface area contributed by atoms with Crippen LogP contribution in [0.3, 0.4) is 0 Å². The van der Waals surface area contributed by atoms with Crippen molar-refractivity contribution < 1.29 is 4.42 Å². The summed E-state index contributed by atoms with van der Waals surface area (Å²) in [6.07, 6.45) is 8.82. The molecule has 0 amide bonds. The number of pyridine rings is 1. The molecule has 0 saturated heterocycles. The molecule has 150 valence electrons. The predicted octanol–water partition coefficient (Wildman–Crippen LogP) is 6.30. The molecule has 0 fully saturated rings. The lowest BCUT2D eigenvalue weighted by molar-refractivity contribution is 0.572. The van der Waals surface area contributed by atoms with Crippen molar-refractivity contribution in [2.24, 2.45) is 0 Å². The van der Waals surface area contributed by atoms with Crippen LogP contribution >= 0.6 is 0 Å². The Labute approximate surface area is 167 Å². The summed E-state index contributed by atoms with van der Waals surface area (Å²) in [5.74, 6) is 0.554. The largest absolute Gasteiger partial charge is 0.443 e. The summed E-state index contributed by atoms with van der Waals surface area (Å²) in [6, 6.07) is 2.43. The highest BCUT2D eigenvalue weighted by Gasteiger charge is 2.21. The zero-order chi connectivity index (χ0) is 20.3. The third-order valence-electron chi connectivity index (χ3n) is 5.15. The molecule has 3 aromatic heterocycles. The first kappa shape index (κ1) is 20.2. The fraction of sp³-hybridized carbons (Fsp3) is 0.478. The summed E-state index contributed by atoms with van der Waals surface area (Å²) < 4.78 is 7.95. The van der Waals surface area contributed by atoms with Crippen LogP contribution in [0.5, 0.6) is 0 Å². The number of nitrogens with zero attached hydrogens (tertiary/aromatic N) is 3. The first-order valence-electron chi connectivity index (χ1n) is 10.3. The third kappa shape index (κ3) is 3.84. The maximum absolute atomic E-state index is 5.53. The molecule has 5 heteroatoms. The minimum absolute atomic E-state index is 0.359. The highest BCUT2D eigenvalue weighted by molar-refractivity contribution is 5.94. The normalized spacial score (nSPS) is 12.3. The molecule has 0 saturated carbocycles. The van der Waals surface area contributed by atoms with Crippen molar-refractivity contribution in [3.05, 3.63) is 41.4 Å². The van der Waals surface area contributed by atoms with Gasteiger partial charge in [0.2, 0.25) is 5.89 Å². The van der Waals surface area contributed by atoms with Crippen LogP contribution < -0.4 is 5.32 Å². The van der Waals surface area contributed by atoms with Crippen molar-refractivity contribution in [2.75, 3.05) is 11.9 Å². The van der Waals surface area contributed by atoms with Crippen molar-refractivity contribution in [1.82, 2.24) is 14.5 Å². The molecule has 0 radical (unpaired) electrons. The molecular formula is C23H32N4O. The summed E-state index contributed by atoms with van der Waals surface area (Å²) in [5.41, 5.74) is 7.96. The van der Waals surface area contributed by atoms with Gasteiger partial charge in [0.1, 0.15) is 12.0 Å². The van der Waals surface area contributed by atoms with Gasteiger partial charge >= 0.3 is 0 Å². The van der Waals surface area contributed by atoms with Crippen molar-refractivity contribution in [2.45, 2.75) is 66.8 Å². The lowest BCUT2D eigenvalue weighted by Crippen LogP contribution is -2.09. The van der Waals surface area contributed by atoms with Gasteiger partial charge in [0.25, 0.3) is 0 Å².